The molecule has 1 saturated carbocycles. The van der Waals surface area contributed by atoms with Crippen molar-refractivity contribution in [3.05, 3.63) is 29.8 Å². The van der Waals surface area contributed by atoms with Crippen LogP contribution in [0.25, 0.3) is 0 Å². The molecule has 0 amide bonds. The Balaban J connectivity index is 0.00000242. The van der Waals surface area contributed by atoms with Crippen molar-refractivity contribution in [2.45, 2.75) is 48.0 Å². The molecule has 0 aromatic heterocycles. The summed E-state index contributed by atoms with van der Waals surface area (Å²) in [4.78, 5) is -0.231. The Hall–Kier alpha value is -0.790. The molecule has 0 bridgehead atoms. The predicted octanol–water partition coefficient (Wildman–Crippen LogP) is 3.43. The number of alkyl halides is 3. The van der Waals surface area contributed by atoms with Gasteiger partial charge in [0.05, 0.1) is 15.7 Å². The smallest absolute Gasteiger partial charge is 0.317 e. The average Bonchev–Trinajstić information content (AvgIpc) is 2.46. The molecule has 0 aliphatic heterocycles. The van der Waals surface area contributed by atoms with Gasteiger partial charge in [0, 0.05) is 6.04 Å². The van der Waals surface area contributed by atoms with Crippen LogP contribution in [0.1, 0.15) is 31.2 Å². The molecule has 22 heavy (non-hydrogen) atoms. The minimum absolute atomic E-state index is 0. The van der Waals surface area contributed by atoms with Gasteiger partial charge in [0.25, 0.3) is 0 Å². The van der Waals surface area contributed by atoms with E-state index >= 15 is 0 Å². The second-order valence-electron chi connectivity index (χ2n) is 5.33. The second-order valence-corrected chi connectivity index (χ2v) is 7.56. The molecule has 2 rings (SSSR count). The fraction of sp³-hybridized carbons (Fsp3) is 0.571. The van der Waals surface area contributed by atoms with E-state index in [4.69, 9.17) is 0 Å². The number of benzene rings is 1. The van der Waals surface area contributed by atoms with E-state index in [9.17, 15) is 21.6 Å². The minimum atomic E-state index is -4.53. The summed E-state index contributed by atoms with van der Waals surface area (Å²) in [6.07, 6.45) is -2.14. The summed E-state index contributed by atoms with van der Waals surface area (Å²) < 4.78 is 63.0. The van der Waals surface area contributed by atoms with Crippen molar-refractivity contribution in [2.75, 3.05) is 7.05 Å². The zero-order chi connectivity index (χ0) is 15.7. The summed E-state index contributed by atoms with van der Waals surface area (Å²) in [5.41, 5.74) is -0.924. The molecule has 0 radical (unpaired) electrons. The van der Waals surface area contributed by atoms with E-state index in [0.717, 1.165) is 31.0 Å². The van der Waals surface area contributed by atoms with E-state index in [0.29, 0.717) is 12.8 Å². The third-order valence-electron chi connectivity index (χ3n) is 4.01. The lowest BCUT2D eigenvalue weighted by atomic mass is 9.95. The Labute approximate surface area is 134 Å². The van der Waals surface area contributed by atoms with Gasteiger partial charge in [0.2, 0.25) is 0 Å². The standard InChI is InChI=1S/C14H18F3NO2S.ClH/c1-18-11-5-7-12(8-6-11)21(19,20)13-4-2-3-10(9-13)14(15,16)17;/h2-4,9,11-12,18H,5-8H2,1H3;1H/t11-,12+;. The lowest BCUT2D eigenvalue weighted by Gasteiger charge is -2.28. The SMILES string of the molecule is CN[C@H]1CC[C@@H](S(=O)(=O)c2cccc(C(F)(F)F)c2)CC1.Cl. The van der Waals surface area contributed by atoms with E-state index < -0.39 is 26.8 Å². The predicted molar refractivity (Wildman–Crippen MR) is 81.0 cm³/mol. The summed E-state index contributed by atoms with van der Waals surface area (Å²) in [6.45, 7) is 0. The first kappa shape index (κ1) is 19.3. The molecule has 8 heteroatoms. The summed E-state index contributed by atoms with van der Waals surface area (Å²) in [5, 5.41) is 2.51. The van der Waals surface area contributed by atoms with Crippen LogP contribution in [-0.2, 0) is 16.0 Å². The molecule has 1 aliphatic rings. The normalized spacial score (nSPS) is 22.9. The van der Waals surface area contributed by atoms with Gasteiger partial charge in [0.1, 0.15) is 0 Å². The molecule has 0 spiro atoms. The monoisotopic (exact) mass is 357 g/mol. The van der Waals surface area contributed by atoms with Crippen molar-refractivity contribution >= 4 is 22.2 Å². The summed E-state index contributed by atoms with van der Waals surface area (Å²) in [6, 6.07) is 4.30. The Kier molecular flexibility index (Phi) is 6.29. The third-order valence-corrected chi connectivity index (χ3v) is 6.27. The lowest BCUT2D eigenvalue weighted by molar-refractivity contribution is -0.137. The van der Waals surface area contributed by atoms with E-state index in [1.807, 2.05) is 7.05 Å². The van der Waals surface area contributed by atoms with Gasteiger partial charge in [-0.1, -0.05) is 6.07 Å². The maximum Gasteiger partial charge on any atom is 0.416 e. The van der Waals surface area contributed by atoms with Gasteiger partial charge in [-0.15, -0.1) is 12.4 Å². The molecule has 1 fully saturated rings. The van der Waals surface area contributed by atoms with Crippen LogP contribution in [0.2, 0.25) is 0 Å². The zero-order valence-corrected chi connectivity index (χ0v) is 13.7. The molecular formula is C14H19ClF3NO2S. The lowest BCUT2D eigenvalue weighted by Crippen LogP contribution is -2.35. The van der Waals surface area contributed by atoms with Crippen LogP contribution < -0.4 is 5.32 Å². The quantitative estimate of drug-likeness (QED) is 0.901. The van der Waals surface area contributed by atoms with Gasteiger partial charge in [-0.2, -0.15) is 13.2 Å². The molecule has 3 nitrogen and oxygen atoms in total. The summed E-state index contributed by atoms with van der Waals surface area (Å²) >= 11 is 0. The highest BCUT2D eigenvalue weighted by atomic mass is 35.5. The van der Waals surface area contributed by atoms with E-state index in [-0.39, 0.29) is 23.3 Å². The molecule has 0 heterocycles. The van der Waals surface area contributed by atoms with Gasteiger partial charge < -0.3 is 5.32 Å². The van der Waals surface area contributed by atoms with E-state index in [1.165, 1.54) is 6.07 Å². The minimum Gasteiger partial charge on any atom is -0.317 e. The Morgan fingerprint density at radius 2 is 1.73 bits per heavy atom. The maximum atomic E-state index is 12.7. The number of sulfone groups is 1. The zero-order valence-electron chi connectivity index (χ0n) is 12.1. The molecule has 0 atom stereocenters. The Bertz CT molecular complexity index is 596. The number of rotatable bonds is 3. The van der Waals surface area contributed by atoms with Gasteiger partial charge in [-0.3, -0.25) is 0 Å². The highest BCUT2D eigenvalue weighted by Gasteiger charge is 2.35. The molecule has 1 aromatic carbocycles. The van der Waals surface area contributed by atoms with Gasteiger partial charge in [-0.25, -0.2) is 8.42 Å². The second kappa shape index (κ2) is 7.19. The largest absolute Gasteiger partial charge is 0.416 e. The van der Waals surface area contributed by atoms with E-state index in [2.05, 4.69) is 5.32 Å². The van der Waals surface area contributed by atoms with E-state index in [1.54, 1.807) is 0 Å². The molecule has 1 aliphatic carbocycles. The van der Waals surface area contributed by atoms with Crippen molar-refractivity contribution in [2.24, 2.45) is 0 Å². The molecule has 1 aromatic rings. The highest BCUT2D eigenvalue weighted by molar-refractivity contribution is 7.92. The van der Waals surface area contributed by atoms with Gasteiger partial charge >= 0.3 is 6.18 Å². The summed E-state index contributed by atoms with van der Waals surface area (Å²) in [5.74, 6) is 0. The maximum absolute atomic E-state index is 12.7. The molecule has 126 valence electrons. The van der Waals surface area contributed by atoms with Crippen molar-refractivity contribution in [3.63, 3.8) is 0 Å². The molecule has 1 N–H and O–H groups in total. The van der Waals surface area contributed by atoms with Crippen LogP contribution in [-0.4, -0.2) is 26.8 Å². The van der Waals surface area contributed by atoms with Crippen LogP contribution in [0.15, 0.2) is 29.2 Å². The number of hydrogen-bond acceptors (Lipinski definition) is 3. The fourth-order valence-electron chi connectivity index (χ4n) is 2.70. The third kappa shape index (κ3) is 4.14. The number of hydrogen-bond donors (Lipinski definition) is 1. The van der Waals surface area contributed by atoms with Crippen LogP contribution in [0.5, 0.6) is 0 Å². The Morgan fingerprint density at radius 1 is 1.14 bits per heavy atom. The number of halogens is 4. The van der Waals surface area contributed by atoms with Crippen LogP contribution in [0, 0.1) is 0 Å². The first-order chi connectivity index (χ1) is 9.75. The van der Waals surface area contributed by atoms with Crippen LogP contribution in [0.4, 0.5) is 13.2 Å². The highest BCUT2D eigenvalue weighted by Crippen LogP contribution is 2.33. The van der Waals surface area contributed by atoms with Crippen molar-refractivity contribution in [1.82, 2.24) is 5.32 Å². The summed E-state index contributed by atoms with van der Waals surface area (Å²) in [7, 11) is -1.88. The Morgan fingerprint density at radius 3 is 2.23 bits per heavy atom. The number of nitrogens with one attached hydrogen (secondary N) is 1. The van der Waals surface area contributed by atoms with Crippen LogP contribution in [0.3, 0.4) is 0 Å². The molecule has 0 saturated heterocycles. The van der Waals surface area contributed by atoms with Crippen molar-refractivity contribution in [1.29, 1.82) is 0 Å². The fourth-order valence-corrected chi connectivity index (χ4v) is 4.54. The van der Waals surface area contributed by atoms with Crippen molar-refractivity contribution < 1.29 is 21.6 Å². The first-order valence-corrected chi connectivity index (χ1v) is 8.38. The van der Waals surface area contributed by atoms with Crippen molar-refractivity contribution in [3.8, 4) is 0 Å². The van der Waals surface area contributed by atoms with Crippen LogP contribution >= 0.6 is 12.4 Å². The molecule has 0 unspecified atom stereocenters. The van der Waals surface area contributed by atoms with Gasteiger partial charge in [-0.05, 0) is 50.9 Å². The molecular weight excluding hydrogens is 339 g/mol. The van der Waals surface area contributed by atoms with Gasteiger partial charge in [0.15, 0.2) is 9.84 Å². The first-order valence-electron chi connectivity index (χ1n) is 6.83. The average molecular weight is 358 g/mol. The topological polar surface area (TPSA) is 46.2 Å².